The van der Waals surface area contributed by atoms with Crippen LogP contribution in [0.4, 0.5) is 5.13 Å². The second-order valence-electron chi connectivity index (χ2n) is 6.07. The number of aliphatic carboxylic acids is 1. The number of anilines is 1. The van der Waals surface area contributed by atoms with Crippen LogP contribution in [0.1, 0.15) is 5.69 Å². The number of nitrogens with zero attached hydrogens (tertiary/aromatic N) is 3. The number of fused-ring (bicyclic) bond motifs is 1. The minimum absolute atomic E-state index is 0.0782. The average molecular weight is 470 g/mol. The van der Waals surface area contributed by atoms with Crippen molar-refractivity contribution in [2.24, 2.45) is 5.16 Å². The first-order chi connectivity index (χ1) is 14.4. The number of nitrogens with one attached hydrogen (secondary N) is 1. The van der Waals surface area contributed by atoms with Gasteiger partial charge in [0.2, 0.25) is 0 Å². The Kier molecular flexibility index (Phi) is 7.39. The lowest BCUT2D eigenvalue weighted by Gasteiger charge is -2.46. The number of thioether (sulfide) groups is 2. The fourth-order valence-electron chi connectivity index (χ4n) is 2.61. The monoisotopic (exact) mass is 469 g/mol. The molecule has 0 bridgehead atoms. The number of amides is 2. The number of rotatable bonds is 10. The van der Waals surface area contributed by atoms with Crippen LogP contribution in [0.2, 0.25) is 0 Å². The Hall–Kier alpha value is -2.51. The van der Waals surface area contributed by atoms with Crippen molar-refractivity contribution < 1.29 is 24.3 Å². The van der Waals surface area contributed by atoms with Gasteiger partial charge in [-0.25, -0.2) is 9.78 Å². The Morgan fingerprint density at radius 1 is 1.57 bits per heavy atom. The van der Waals surface area contributed by atoms with E-state index >= 15 is 0 Å². The van der Waals surface area contributed by atoms with E-state index in [9.17, 15) is 14.4 Å². The zero-order valence-corrected chi connectivity index (χ0v) is 18.1. The number of carboxylic acid groups (broad SMARTS) is 1. The minimum atomic E-state index is -1.07. The maximum absolute atomic E-state index is 12.8. The summed E-state index contributed by atoms with van der Waals surface area (Å²) in [5.41, 5.74) is 5.97. The standard InChI is InChI=1S/C17H19N5O5S3/c1-2-4-28-5-3-27-21-11(10-8-30-17(18)19-10)13(23)20-12-14(24)22-6-9(16(25)26)7-29-15(12)22/h2,6,8,12,15H,1,3-5,7H2,(H2,18,19)(H,20,23)(H,25,26)/t12?,15-/m1/s1. The summed E-state index contributed by atoms with van der Waals surface area (Å²) in [5, 5.41) is 17.1. The normalized spacial score (nSPS) is 20.7. The van der Waals surface area contributed by atoms with Gasteiger partial charge in [-0.1, -0.05) is 11.2 Å². The molecular weight excluding hydrogens is 450 g/mol. The molecule has 3 rings (SSSR count). The molecule has 0 saturated carbocycles. The number of carboxylic acids is 1. The summed E-state index contributed by atoms with van der Waals surface area (Å²) < 4.78 is 0. The van der Waals surface area contributed by atoms with E-state index in [1.54, 1.807) is 23.2 Å². The molecule has 1 unspecified atom stereocenters. The summed E-state index contributed by atoms with van der Waals surface area (Å²) in [5.74, 6) is -0.397. The number of thiazole rings is 1. The molecule has 3 heterocycles. The van der Waals surface area contributed by atoms with Crippen molar-refractivity contribution >= 4 is 63.5 Å². The summed E-state index contributed by atoms with van der Waals surface area (Å²) in [7, 11) is 0. The Balaban J connectivity index is 1.66. The SMILES string of the molecule is C=CCSCCON=C(C(=O)NC1C(=O)N2C=C(C(=O)O)CS[C@H]12)c1csc(N)n1. The molecule has 10 nitrogen and oxygen atoms in total. The number of hydrogen-bond acceptors (Lipinski definition) is 10. The summed E-state index contributed by atoms with van der Waals surface area (Å²) >= 11 is 4.03. The summed E-state index contributed by atoms with van der Waals surface area (Å²) in [4.78, 5) is 46.9. The third-order valence-corrected chi connectivity index (χ3v) is 6.95. The van der Waals surface area contributed by atoms with E-state index in [1.807, 2.05) is 0 Å². The van der Waals surface area contributed by atoms with Crippen LogP contribution in [-0.2, 0) is 19.2 Å². The molecule has 13 heteroatoms. The molecule has 2 aliphatic rings. The van der Waals surface area contributed by atoms with E-state index in [0.29, 0.717) is 5.75 Å². The summed E-state index contributed by atoms with van der Waals surface area (Å²) in [6.45, 7) is 3.92. The predicted octanol–water partition coefficient (Wildman–Crippen LogP) is 0.734. The van der Waals surface area contributed by atoms with Gasteiger partial charge in [-0.05, 0) is 0 Å². The van der Waals surface area contributed by atoms with Crippen molar-refractivity contribution in [3.63, 3.8) is 0 Å². The van der Waals surface area contributed by atoms with Gasteiger partial charge >= 0.3 is 5.97 Å². The second kappa shape index (κ2) is 10.00. The van der Waals surface area contributed by atoms with Gasteiger partial charge in [-0.15, -0.1) is 29.7 Å². The smallest absolute Gasteiger partial charge is 0.333 e. The average Bonchev–Trinajstić information content (AvgIpc) is 3.16. The fraction of sp³-hybridized carbons (Fsp3) is 0.353. The lowest BCUT2D eigenvalue weighted by atomic mass is 10.1. The van der Waals surface area contributed by atoms with Gasteiger partial charge in [0.15, 0.2) is 10.8 Å². The van der Waals surface area contributed by atoms with Gasteiger partial charge < -0.3 is 25.9 Å². The number of aromatic nitrogens is 1. The van der Waals surface area contributed by atoms with E-state index < -0.39 is 23.8 Å². The molecule has 160 valence electrons. The first kappa shape index (κ1) is 22.2. The van der Waals surface area contributed by atoms with E-state index in [0.717, 1.165) is 17.1 Å². The maximum Gasteiger partial charge on any atom is 0.333 e. The lowest BCUT2D eigenvalue weighted by Crippen LogP contribution is -2.69. The second-order valence-corrected chi connectivity index (χ2v) is 9.21. The quantitative estimate of drug-likeness (QED) is 0.148. The molecular formula is C17H19N5O5S3. The molecule has 2 amide bonds. The largest absolute Gasteiger partial charge is 0.478 e. The number of β-lactam (4-membered cyclic amide) rings is 1. The van der Waals surface area contributed by atoms with Gasteiger partial charge in [0.05, 0.1) is 5.57 Å². The highest BCUT2D eigenvalue weighted by atomic mass is 32.2. The Bertz CT molecular complexity index is 915. The molecule has 30 heavy (non-hydrogen) atoms. The number of hydrogen-bond donors (Lipinski definition) is 3. The van der Waals surface area contributed by atoms with Gasteiger partial charge in [0, 0.05) is 28.8 Å². The molecule has 0 aliphatic carbocycles. The molecule has 2 atom stereocenters. The molecule has 0 aromatic carbocycles. The Morgan fingerprint density at radius 2 is 2.37 bits per heavy atom. The third-order valence-electron chi connectivity index (χ3n) is 4.04. The van der Waals surface area contributed by atoms with Crippen LogP contribution in [0.5, 0.6) is 0 Å². The summed E-state index contributed by atoms with van der Waals surface area (Å²) in [6.07, 6.45) is 3.09. The number of carbonyl (C=O) groups is 3. The fourth-order valence-corrected chi connectivity index (χ4v) is 4.94. The molecule has 0 spiro atoms. The van der Waals surface area contributed by atoms with E-state index in [2.05, 4.69) is 22.0 Å². The van der Waals surface area contributed by atoms with Crippen molar-refractivity contribution in [2.45, 2.75) is 11.4 Å². The first-order valence-electron chi connectivity index (χ1n) is 8.71. The molecule has 0 radical (unpaired) electrons. The van der Waals surface area contributed by atoms with Crippen molar-refractivity contribution in [2.75, 3.05) is 29.6 Å². The van der Waals surface area contributed by atoms with Gasteiger partial charge in [0.25, 0.3) is 11.8 Å². The van der Waals surface area contributed by atoms with Crippen LogP contribution < -0.4 is 11.1 Å². The Labute approximate surface area is 184 Å². The molecule has 1 aromatic heterocycles. The number of nitrogens with two attached hydrogens (primary N) is 1. The van der Waals surface area contributed by atoms with E-state index in [1.165, 1.54) is 22.9 Å². The van der Waals surface area contributed by atoms with Gasteiger partial charge in [-0.2, -0.15) is 11.8 Å². The maximum atomic E-state index is 12.8. The van der Waals surface area contributed by atoms with Crippen LogP contribution in [0.25, 0.3) is 0 Å². The number of carbonyl (C=O) groups excluding carboxylic acids is 2. The number of nitrogen functional groups attached to an aromatic ring is 1. The van der Waals surface area contributed by atoms with Crippen LogP contribution in [0, 0.1) is 0 Å². The van der Waals surface area contributed by atoms with Crippen LogP contribution >= 0.6 is 34.9 Å². The highest BCUT2D eigenvalue weighted by molar-refractivity contribution is 8.00. The number of oxime groups is 1. The van der Waals surface area contributed by atoms with Crippen molar-refractivity contribution in [1.29, 1.82) is 0 Å². The third kappa shape index (κ3) is 4.96. The molecule has 1 saturated heterocycles. The highest BCUT2D eigenvalue weighted by Gasteiger charge is 2.50. The Morgan fingerprint density at radius 3 is 3.03 bits per heavy atom. The topological polar surface area (TPSA) is 147 Å². The molecule has 1 fully saturated rings. The molecule has 4 N–H and O–H groups in total. The van der Waals surface area contributed by atoms with Crippen molar-refractivity contribution in [3.05, 3.63) is 35.5 Å². The lowest BCUT2D eigenvalue weighted by molar-refractivity contribution is -0.144. The zero-order valence-electron chi connectivity index (χ0n) is 15.6. The van der Waals surface area contributed by atoms with Gasteiger partial charge in [0.1, 0.15) is 23.7 Å². The van der Waals surface area contributed by atoms with E-state index in [-0.39, 0.29) is 39.8 Å². The van der Waals surface area contributed by atoms with E-state index in [4.69, 9.17) is 15.7 Å². The zero-order chi connectivity index (χ0) is 21.7. The first-order valence-corrected chi connectivity index (χ1v) is 11.8. The van der Waals surface area contributed by atoms with Crippen molar-refractivity contribution in [1.82, 2.24) is 15.2 Å². The minimum Gasteiger partial charge on any atom is -0.478 e. The van der Waals surface area contributed by atoms with Crippen LogP contribution in [0.15, 0.2) is 35.0 Å². The molecule has 2 aliphatic heterocycles. The highest BCUT2D eigenvalue weighted by Crippen LogP contribution is 2.36. The van der Waals surface area contributed by atoms with Crippen LogP contribution in [0.3, 0.4) is 0 Å². The predicted molar refractivity (Wildman–Crippen MR) is 117 cm³/mol. The van der Waals surface area contributed by atoms with Crippen LogP contribution in [-0.4, -0.2) is 73.8 Å². The molecule has 1 aromatic rings. The summed E-state index contributed by atoms with van der Waals surface area (Å²) in [6, 6.07) is -0.793. The van der Waals surface area contributed by atoms with Crippen molar-refractivity contribution in [3.8, 4) is 0 Å². The van der Waals surface area contributed by atoms with Gasteiger partial charge in [-0.3, -0.25) is 9.59 Å².